The van der Waals surface area contributed by atoms with Crippen LogP contribution in [0.1, 0.15) is 19.0 Å². The lowest BCUT2D eigenvalue weighted by Gasteiger charge is -2.26. The lowest BCUT2D eigenvalue weighted by atomic mass is 9.97. The Labute approximate surface area is 93.3 Å². The van der Waals surface area contributed by atoms with Gasteiger partial charge in [-0.3, -0.25) is 0 Å². The standard InChI is InChI=1S/C10H16N2O2S/c1-8-10(13,2-3-14-8)6-11-4-9-5-15-7-12-9/h5,7-8,11,13H,2-4,6H2,1H3. The minimum atomic E-state index is -0.712. The number of nitrogens with one attached hydrogen (secondary N) is 1. The highest BCUT2D eigenvalue weighted by Gasteiger charge is 2.38. The average Bonchev–Trinajstić information content (AvgIpc) is 2.79. The zero-order valence-corrected chi connectivity index (χ0v) is 9.59. The van der Waals surface area contributed by atoms with Crippen molar-refractivity contribution < 1.29 is 9.84 Å². The van der Waals surface area contributed by atoms with Gasteiger partial charge in [0.2, 0.25) is 0 Å². The highest BCUT2D eigenvalue weighted by molar-refractivity contribution is 7.07. The number of ether oxygens (including phenoxy) is 1. The zero-order valence-electron chi connectivity index (χ0n) is 8.77. The Morgan fingerprint density at radius 1 is 1.80 bits per heavy atom. The minimum Gasteiger partial charge on any atom is -0.386 e. The maximum atomic E-state index is 10.2. The number of thiazole rings is 1. The molecule has 0 aromatic carbocycles. The van der Waals surface area contributed by atoms with E-state index in [4.69, 9.17) is 4.74 Å². The molecule has 2 rings (SSSR count). The van der Waals surface area contributed by atoms with Crippen molar-refractivity contribution in [3.63, 3.8) is 0 Å². The van der Waals surface area contributed by atoms with Crippen LogP contribution in [0.2, 0.25) is 0 Å². The third-order valence-electron chi connectivity index (χ3n) is 2.88. The summed E-state index contributed by atoms with van der Waals surface area (Å²) < 4.78 is 5.35. The van der Waals surface area contributed by atoms with Crippen LogP contribution in [-0.2, 0) is 11.3 Å². The Bertz CT molecular complexity index is 304. The van der Waals surface area contributed by atoms with E-state index >= 15 is 0 Å². The van der Waals surface area contributed by atoms with Crippen LogP contribution in [0.5, 0.6) is 0 Å². The SMILES string of the molecule is CC1OCCC1(O)CNCc1cscn1. The molecule has 1 aliphatic heterocycles. The Morgan fingerprint density at radius 3 is 3.27 bits per heavy atom. The molecule has 1 fully saturated rings. The molecule has 0 amide bonds. The second-order valence-electron chi connectivity index (χ2n) is 3.95. The topological polar surface area (TPSA) is 54.4 Å². The number of rotatable bonds is 4. The Balaban J connectivity index is 1.78. The molecular weight excluding hydrogens is 212 g/mol. The van der Waals surface area contributed by atoms with Crippen LogP contribution < -0.4 is 5.32 Å². The number of nitrogens with zero attached hydrogens (tertiary/aromatic N) is 1. The summed E-state index contributed by atoms with van der Waals surface area (Å²) in [7, 11) is 0. The van der Waals surface area contributed by atoms with E-state index < -0.39 is 5.60 Å². The second kappa shape index (κ2) is 4.57. The van der Waals surface area contributed by atoms with Gasteiger partial charge in [-0.25, -0.2) is 4.98 Å². The predicted molar refractivity (Wildman–Crippen MR) is 58.8 cm³/mol. The fourth-order valence-electron chi connectivity index (χ4n) is 1.73. The van der Waals surface area contributed by atoms with Crippen molar-refractivity contribution in [2.75, 3.05) is 13.2 Å². The monoisotopic (exact) mass is 228 g/mol. The lowest BCUT2D eigenvalue weighted by molar-refractivity contribution is -0.0263. The van der Waals surface area contributed by atoms with Gasteiger partial charge in [0, 0.05) is 31.5 Å². The van der Waals surface area contributed by atoms with Crippen LogP contribution in [0.3, 0.4) is 0 Å². The smallest absolute Gasteiger partial charge is 0.105 e. The van der Waals surface area contributed by atoms with E-state index in [-0.39, 0.29) is 6.10 Å². The van der Waals surface area contributed by atoms with Gasteiger partial charge in [-0.1, -0.05) is 0 Å². The third-order valence-corrected chi connectivity index (χ3v) is 3.52. The second-order valence-corrected chi connectivity index (χ2v) is 4.67. The van der Waals surface area contributed by atoms with Gasteiger partial charge in [0.25, 0.3) is 0 Å². The summed E-state index contributed by atoms with van der Waals surface area (Å²) >= 11 is 1.58. The molecule has 1 saturated heterocycles. The van der Waals surface area contributed by atoms with Crippen molar-refractivity contribution in [3.05, 3.63) is 16.6 Å². The minimum absolute atomic E-state index is 0.0829. The van der Waals surface area contributed by atoms with Gasteiger partial charge in [0.15, 0.2) is 0 Å². The molecule has 0 radical (unpaired) electrons. The molecule has 1 aromatic heterocycles. The van der Waals surface area contributed by atoms with Crippen LogP contribution in [0.25, 0.3) is 0 Å². The first-order valence-corrected chi connectivity index (χ1v) is 6.07. The first-order valence-electron chi connectivity index (χ1n) is 5.12. The molecule has 1 aromatic rings. The first kappa shape index (κ1) is 11.0. The summed E-state index contributed by atoms with van der Waals surface area (Å²) in [6, 6.07) is 0. The van der Waals surface area contributed by atoms with E-state index in [0.717, 1.165) is 5.69 Å². The third kappa shape index (κ3) is 2.55. The highest BCUT2D eigenvalue weighted by Crippen LogP contribution is 2.24. The van der Waals surface area contributed by atoms with Crippen LogP contribution >= 0.6 is 11.3 Å². The van der Waals surface area contributed by atoms with Crippen LogP contribution in [0, 0.1) is 0 Å². The molecule has 15 heavy (non-hydrogen) atoms. The number of aromatic nitrogens is 1. The van der Waals surface area contributed by atoms with Gasteiger partial charge in [-0.15, -0.1) is 11.3 Å². The van der Waals surface area contributed by atoms with Gasteiger partial charge in [0.05, 0.1) is 17.3 Å². The quantitative estimate of drug-likeness (QED) is 0.799. The largest absolute Gasteiger partial charge is 0.386 e. The van der Waals surface area contributed by atoms with E-state index in [0.29, 0.717) is 26.1 Å². The number of hydrogen-bond acceptors (Lipinski definition) is 5. The summed E-state index contributed by atoms with van der Waals surface area (Å²) in [6.45, 7) is 3.83. The maximum absolute atomic E-state index is 10.2. The normalized spacial score (nSPS) is 30.9. The molecule has 2 heterocycles. The summed E-state index contributed by atoms with van der Waals surface area (Å²) in [6.07, 6.45) is 0.624. The Morgan fingerprint density at radius 2 is 2.67 bits per heavy atom. The lowest BCUT2D eigenvalue weighted by Crippen LogP contribution is -2.45. The number of hydrogen-bond donors (Lipinski definition) is 2. The molecular formula is C10H16N2O2S. The first-order chi connectivity index (χ1) is 7.21. The Hall–Kier alpha value is -0.490. The molecule has 2 atom stereocenters. The summed E-state index contributed by atoms with van der Waals surface area (Å²) in [5, 5.41) is 15.4. The summed E-state index contributed by atoms with van der Waals surface area (Å²) in [5.41, 5.74) is 2.12. The fourth-order valence-corrected chi connectivity index (χ4v) is 2.29. The maximum Gasteiger partial charge on any atom is 0.105 e. The van der Waals surface area contributed by atoms with Crippen molar-refractivity contribution in [1.29, 1.82) is 0 Å². The fraction of sp³-hybridized carbons (Fsp3) is 0.700. The molecule has 2 unspecified atom stereocenters. The summed E-state index contributed by atoms with van der Waals surface area (Å²) in [5.74, 6) is 0. The van der Waals surface area contributed by atoms with E-state index in [1.807, 2.05) is 17.8 Å². The van der Waals surface area contributed by atoms with Crippen LogP contribution in [-0.4, -0.2) is 34.9 Å². The average molecular weight is 228 g/mol. The van der Waals surface area contributed by atoms with E-state index in [9.17, 15) is 5.11 Å². The van der Waals surface area contributed by atoms with Gasteiger partial charge in [-0.05, 0) is 6.92 Å². The van der Waals surface area contributed by atoms with Gasteiger partial charge < -0.3 is 15.2 Å². The van der Waals surface area contributed by atoms with Crippen LogP contribution in [0.4, 0.5) is 0 Å². The zero-order chi connectivity index (χ0) is 10.7. The molecule has 4 nitrogen and oxygen atoms in total. The van der Waals surface area contributed by atoms with E-state index in [1.54, 1.807) is 11.3 Å². The van der Waals surface area contributed by atoms with Gasteiger partial charge in [-0.2, -0.15) is 0 Å². The van der Waals surface area contributed by atoms with Crippen molar-refractivity contribution in [2.24, 2.45) is 0 Å². The van der Waals surface area contributed by atoms with Crippen molar-refractivity contribution in [1.82, 2.24) is 10.3 Å². The van der Waals surface area contributed by atoms with Crippen molar-refractivity contribution in [2.45, 2.75) is 31.6 Å². The van der Waals surface area contributed by atoms with Crippen molar-refractivity contribution in [3.8, 4) is 0 Å². The molecule has 0 spiro atoms. The van der Waals surface area contributed by atoms with Gasteiger partial charge >= 0.3 is 0 Å². The highest BCUT2D eigenvalue weighted by atomic mass is 32.1. The summed E-state index contributed by atoms with van der Waals surface area (Å²) in [4.78, 5) is 4.17. The molecule has 5 heteroatoms. The number of aliphatic hydroxyl groups is 1. The molecule has 0 saturated carbocycles. The van der Waals surface area contributed by atoms with Crippen LogP contribution in [0.15, 0.2) is 10.9 Å². The predicted octanol–water partition coefficient (Wildman–Crippen LogP) is 0.773. The van der Waals surface area contributed by atoms with Gasteiger partial charge in [0.1, 0.15) is 5.60 Å². The molecule has 2 N–H and O–H groups in total. The van der Waals surface area contributed by atoms with E-state index in [1.165, 1.54) is 0 Å². The van der Waals surface area contributed by atoms with Crippen molar-refractivity contribution >= 4 is 11.3 Å². The molecule has 0 aliphatic carbocycles. The molecule has 1 aliphatic rings. The molecule has 84 valence electrons. The Kier molecular flexibility index (Phi) is 3.35. The molecule has 0 bridgehead atoms. The van der Waals surface area contributed by atoms with E-state index in [2.05, 4.69) is 10.3 Å².